The van der Waals surface area contributed by atoms with E-state index in [-0.39, 0.29) is 6.61 Å². The van der Waals surface area contributed by atoms with Crippen LogP contribution in [0.1, 0.15) is 16.2 Å². The number of aromatic nitrogens is 4. The van der Waals surface area contributed by atoms with E-state index in [9.17, 15) is 4.79 Å². The quantitative estimate of drug-likeness (QED) is 0.675. The molecule has 0 atom stereocenters. The molecule has 0 spiro atoms. The van der Waals surface area contributed by atoms with Gasteiger partial charge in [-0.05, 0) is 24.3 Å². The van der Waals surface area contributed by atoms with Crippen LogP contribution < -0.4 is 4.74 Å². The lowest BCUT2D eigenvalue weighted by Gasteiger charge is -2.05. The molecular formula is C14H12N4O3. The van der Waals surface area contributed by atoms with Gasteiger partial charge in [0.05, 0.1) is 13.3 Å². The zero-order chi connectivity index (χ0) is 14.7. The molecule has 21 heavy (non-hydrogen) atoms. The zero-order valence-electron chi connectivity index (χ0n) is 11.3. The number of fused-ring (bicyclic) bond motifs is 1. The number of hydrogen-bond acceptors (Lipinski definition) is 6. The predicted molar refractivity (Wildman–Crippen MR) is 72.9 cm³/mol. The largest absolute Gasteiger partial charge is 0.484 e. The second kappa shape index (κ2) is 5.58. The third-order valence-electron chi connectivity index (χ3n) is 2.91. The first-order chi connectivity index (χ1) is 10.3. The van der Waals surface area contributed by atoms with Crippen molar-refractivity contribution in [1.29, 1.82) is 0 Å². The van der Waals surface area contributed by atoms with Crippen molar-refractivity contribution in [3.63, 3.8) is 0 Å². The summed E-state index contributed by atoms with van der Waals surface area (Å²) in [6, 6.07) is 6.96. The molecule has 0 unspecified atom stereocenters. The van der Waals surface area contributed by atoms with Crippen LogP contribution in [0.25, 0.3) is 5.65 Å². The molecule has 0 radical (unpaired) electrons. The number of pyridine rings is 2. The van der Waals surface area contributed by atoms with E-state index in [1.807, 2.05) is 0 Å². The van der Waals surface area contributed by atoms with Crippen molar-refractivity contribution < 1.29 is 14.3 Å². The molecule has 0 saturated carbocycles. The fourth-order valence-corrected chi connectivity index (χ4v) is 1.91. The van der Waals surface area contributed by atoms with Gasteiger partial charge in [-0.2, -0.15) is 0 Å². The lowest BCUT2D eigenvalue weighted by atomic mass is 10.3. The van der Waals surface area contributed by atoms with Crippen molar-refractivity contribution in [2.75, 3.05) is 7.11 Å². The summed E-state index contributed by atoms with van der Waals surface area (Å²) in [5.41, 5.74) is 0.800. The highest BCUT2D eigenvalue weighted by atomic mass is 16.5. The first-order valence-corrected chi connectivity index (χ1v) is 6.23. The number of carbonyl (C=O) groups excluding carboxylic acids is 1. The Hall–Kier alpha value is -2.96. The van der Waals surface area contributed by atoms with Crippen LogP contribution in [0.4, 0.5) is 0 Å². The molecule has 106 valence electrons. The molecule has 3 heterocycles. The predicted octanol–water partition coefficient (Wildman–Crippen LogP) is 1.49. The summed E-state index contributed by atoms with van der Waals surface area (Å²) in [7, 11) is 1.33. The summed E-state index contributed by atoms with van der Waals surface area (Å²) in [5.74, 6) is 0.769. The van der Waals surface area contributed by atoms with E-state index in [1.54, 1.807) is 47.3 Å². The van der Waals surface area contributed by atoms with Gasteiger partial charge < -0.3 is 9.47 Å². The number of carbonyl (C=O) groups is 1. The lowest BCUT2D eigenvalue weighted by Crippen LogP contribution is -2.06. The third kappa shape index (κ3) is 2.53. The molecule has 0 aliphatic rings. The van der Waals surface area contributed by atoms with Crippen molar-refractivity contribution in [2.45, 2.75) is 6.61 Å². The van der Waals surface area contributed by atoms with Gasteiger partial charge in [0.25, 0.3) is 0 Å². The smallest absolute Gasteiger partial charge is 0.341 e. The Morgan fingerprint density at radius 3 is 2.95 bits per heavy atom. The summed E-state index contributed by atoms with van der Waals surface area (Å²) in [6.07, 6.45) is 5.05. The van der Waals surface area contributed by atoms with Crippen molar-refractivity contribution >= 4 is 11.6 Å². The van der Waals surface area contributed by atoms with Crippen molar-refractivity contribution in [3.05, 3.63) is 54.2 Å². The molecule has 7 nitrogen and oxygen atoms in total. The second-order valence-electron chi connectivity index (χ2n) is 4.20. The first kappa shape index (κ1) is 13.0. The first-order valence-electron chi connectivity index (χ1n) is 6.23. The average Bonchev–Trinajstić information content (AvgIpc) is 2.96. The molecule has 0 bridgehead atoms. The van der Waals surface area contributed by atoms with Crippen LogP contribution >= 0.6 is 0 Å². The fourth-order valence-electron chi connectivity index (χ4n) is 1.91. The minimum absolute atomic E-state index is 0.220. The van der Waals surface area contributed by atoms with Crippen LogP contribution in [0.2, 0.25) is 0 Å². The maximum absolute atomic E-state index is 11.7. The Bertz CT molecular complexity index is 770. The molecule has 3 aromatic heterocycles. The van der Waals surface area contributed by atoms with Crippen molar-refractivity contribution in [3.8, 4) is 5.75 Å². The Morgan fingerprint density at radius 1 is 1.29 bits per heavy atom. The highest BCUT2D eigenvalue weighted by molar-refractivity contribution is 5.95. The number of ether oxygens (including phenoxy) is 2. The maximum atomic E-state index is 11.7. The molecule has 0 aliphatic carbocycles. The normalized spacial score (nSPS) is 10.5. The molecular weight excluding hydrogens is 272 g/mol. The number of esters is 1. The summed E-state index contributed by atoms with van der Waals surface area (Å²) in [4.78, 5) is 15.6. The fraction of sp³-hybridized carbons (Fsp3) is 0.143. The standard InChI is InChI=1S/C14H12N4O3/c1-20-14(19)11-5-3-7-18-12(16-17-13(11)18)9-21-10-4-2-6-15-8-10/h2-8H,9H2,1H3. The molecule has 0 amide bonds. The number of nitrogens with zero attached hydrogens (tertiary/aromatic N) is 4. The summed E-state index contributed by atoms with van der Waals surface area (Å²) < 4.78 is 12.0. The third-order valence-corrected chi connectivity index (χ3v) is 2.91. The van der Waals surface area contributed by atoms with Gasteiger partial charge in [0, 0.05) is 12.4 Å². The molecule has 0 aliphatic heterocycles. The SMILES string of the molecule is COC(=O)c1cccn2c(COc3cccnc3)nnc12. The summed E-state index contributed by atoms with van der Waals surface area (Å²) in [5, 5.41) is 8.06. The van der Waals surface area contributed by atoms with Crippen LogP contribution in [0.5, 0.6) is 5.75 Å². The van der Waals surface area contributed by atoms with Gasteiger partial charge in [0.15, 0.2) is 11.5 Å². The van der Waals surface area contributed by atoms with Crippen LogP contribution in [-0.2, 0) is 11.3 Å². The van der Waals surface area contributed by atoms with Crippen LogP contribution in [0.3, 0.4) is 0 Å². The molecule has 0 N–H and O–H groups in total. The summed E-state index contributed by atoms with van der Waals surface area (Å²) in [6.45, 7) is 0.220. The Morgan fingerprint density at radius 2 is 2.19 bits per heavy atom. The van der Waals surface area contributed by atoms with Crippen LogP contribution in [0, 0.1) is 0 Å². The molecule has 0 fully saturated rings. The van der Waals surface area contributed by atoms with Gasteiger partial charge in [0.1, 0.15) is 17.9 Å². The van der Waals surface area contributed by atoms with Gasteiger partial charge in [-0.3, -0.25) is 9.38 Å². The molecule has 7 heteroatoms. The van der Waals surface area contributed by atoms with Gasteiger partial charge in [-0.25, -0.2) is 4.79 Å². The van der Waals surface area contributed by atoms with Gasteiger partial charge >= 0.3 is 5.97 Å². The Balaban J connectivity index is 1.89. The highest BCUT2D eigenvalue weighted by Crippen LogP contribution is 2.13. The lowest BCUT2D eigenvalue weighted by molar-refractivity contribution is 0.0602. The number of methoxy groups -OCH3 is 1. The number of hydrogen-bond donors (Lipinski definition) is 0. The minimum atomic E-state index is -0.451. The minimum Gasteiger partial charge on any atom is -0.484 e. The van der Waals surface area contributed by atoms with Crippen molar-refractivity contribution in [1.82, 2.24) is 19.6 Å². The molecule has 0 aromatic carbocycles. The van der Waals surface area contributed by atoms with Gasteiger partial charge in [-0.1, -0.05) is 0 Å². The van der Waals surface area contributed by atoms with Crippen LogP contribution in [0.15, 0.2) is 42.9 Å². The van der Waals surface area contributed by atoms with E-state index in [1.165, 1.54) is 7.11 Å². The van der Waals surface area contributed by atoms with E-state index < -0.39 is 5.97 Å². The highest BCUT2D eigenvalue weighted by Gasteiger charge is 2.15. The zero-order valence-corrected chi connectivity index (χ0v) is 11.3. The molecule has 0 saturated heterocycles. The van der Waals surface area contributed by atoms with E-state index in [2.05, 4.69) is 15.2 Å². The topological polar surface area (TPSA) is 78.6 Å². The average molecular weight is 284 g/mol. The molecule has 3 rings (SSSR count). The van der Waals surface area contributed by atoms with Crippen molar-refractivity contribution in [2.24, 2.45) is 0 Å². The van der Waals surface area contributed by atoms with Crippen LogP contribution in [-0.4, -0.2) is 32.7 Å². The van der Waals surface area contributed by atoms with Gasteiger partial charge in [0.2, 0.25) is 0 Å². The summed E-state index contributed by atoms with van der Waals surface area (Å²) >= 11 is 0. The Kier molecular flexibility index (Phi) is 3.46. The van der Waals surface area contributed by atoms with Gasteiger partial charge in [-0.15, -0.1) is 10.2 Å². The monoisotopic (exact) mass is 284 g/mol. The van der Waals surface area contributed by atoms with E-state index in [0.29, 0.717) is 22.8 Å². The van der Waals surface area contributed by atoms with E-state index in [4.69, 9.17) is 9.47 Å². The maximum Gasteiger partial charge on any atom is 0.341 e. The molecule has 3 aromatic rings. The Labute approximate surface area is 120 Å². The van der Waals surface area contributed by atoms with E-state index >= 15 is 0 Å². The second-order valence-corrected chi connectivity index (χ2v) is 4.20. The van der Waals surface area contributed by atoms with E-state index in [0.717, 1.165) is 0 Å². The number of rotatable bonds is 4.